The molecule has 4 aromatic rings. The Bertz CT molecular complexity index is 1610. The SMILES string of the molecule is C[Si]1(CCc2ccc(CCl)cc2)O[SiH](CCc2ccc(CCl)cc2)C[C@H](CSCCc2ccc(CCl)cc2)[Si](C)(CCc2ccc(CCl)cc2)O1. The first-order chi connectivity index (χ1) is 24.7. The van der Waals surface area contributed by atoms with Gasteiger partial charge in [0.05, 0.1) is 0 Å². The van der Waals surface area contributed by atoms with E-state index in [0.29, 0.717) is 29.1 Å². The highest BCUT2D eigenvalue weighted by Crippen LogP contribution is 2.43. The summed E-state index contributed by atoms with van der Waals surface area (Å²) in [4.78, 5) is 0. The number of aryl methyl sites for hydroxylation is 4. The van der Waals surface area contributed by atoms with Crippen molar-refractivity contribution in [1.29, 1.82) is 0 Å². The maximum absolute atomic E-state index is 7.69. The van der Waals surface area contributed by atoms with Crippen LogP contribution >= 0.6 is 58.2 Å². The fourth-order valence-corrected chi connectivity index (χ4v) is 27.3. The molecule has 10 heteroatoms. The van der Waals surface area contributed by atoms with Gasteiger partial charge in [-0.3, -0.25) is 0 Å². The second-order valence-electron chi connectivity index (χ2n) is 14.4. The van der Waals surface area contributed by atoms with E-state index < -0.39 is 25.9 Å². The van der Waals surface area contributed by atoms with Crippen LogP contribution < -0.4 is 0 Å². The average Bonchev–Trinajstić information content (AvgIpc) is 3.27. The van der Waals surface area contributed by atoms with Crippen molar-refractivity contribution in [2.45, 2.75) is 92.0 Å². The van der Waals surface area contributed by atoms with E-state index in [9.17, 15) is 0 Å². The van der Waals surface area contributed by atoms with Crippen molar-refractivity contribution in [3.63, 3.8) is 0 Å². The molecule has 274 valence electrons. The number of thioether (sulfide) groups is 1. The molecule has 1 saturated heterocycles. The smallest absolute Gasteiger partial charge is 0.314 e. The van der Waals surface area contributed by atoms with Gasteiger partial charge in [0.2, 0.25) is 0 Å². The molecule has 0 radical (unpaired) electrons. The van der Waals surface area contributed by atoms with Crippen molar-refractivity contribution in [3.05, 3.63) is 142 Å². The lowest BCUT2D eigenvalue weighted by atomic mass is 10.1. The Hall–Kier alpha value is -1.04. The first-order valence-corrected chi connectivity index (χ1v) is 28.9. The molecule has 0 saturated carbocycles. The largest absolute Gasteiger partial charge is 0.439 e. The third-order valence-corrected chi connectivity index (χ3v) is 27.0. The summed E-state index contributed by atoms with van der Waals surface area (Å²) in [7, 11) is -6.35. The van der Waals surface area contributed by atoms with Crippen LogP contribution in [-0.2, 0) is 57.4 Å². The molecular formula is C41H52Cl4O2SSi3. The van der Waals surface area contributed by atoms with Crippen LogP contribution in [0.25, 0.3) is 0 Å². The van der Waals surface area contributed by atoms with E-state index in [-0.39, 0.29) is 0 Å². The van der Waals surface area contributed by atoms with E-state index in [1.807, 2.05) is 0 Å². The monoisotopic (exact) mass is 832 g/mol. The van der Waals surface area contributed by atoms with Crippen molar-refractivity contribution < 1.29 is 8.23 Å². The normalized spacial score (nSPS) is 22.2. The topological polar surface area (TPSA) is 18.5 Å². The zero-order valence-corrected chi connectivity index (χ0v) is 37.0. The van der Waals surface area contributed by atoms with Crippen molar-refractivity contribution in [1.82, 2.24) is 0 Å². The lowest BCUT2D eigenvalue weighted by Gasteiger charge is -2.39. The maximum Gasteiger partial charge on any atom is 0.314 e. The quantitative estimate of drug-likeness (QED) is 0.0565. The van der Waals surface area contributed by atoms with Crippen molar-refractivity contribution >= 4 is 84.1 Å². The third kappa shape index (κ3) is 12.8. The Morgan fingerprint density at radius 2 is 0.961 bits per heavy atom. The van der Waals surface area contributed by atoms with Crippen LogP contribution in [0, 0.1) is 0 Å². The standard InChI is InChI=1S/C41H52Cl4O2SSi3/c1-50(25-21-35-7-15-39(29-44)16-8-35)41(31-48-23-19-33-3-11-37(27-42)12-4-33)32-49(24-20-34-5-13-38(28-43)14-6-34)46-51(2,47-50)26-22-36-9-17-40(30-45)18-10-36/h3-18,41,49H,19-32H2,1-2H3/t41-,49?,50?,51?/m0/s1. The van der Waals surface area contributed by atoms with Gasteiger partial charge in [-0.05, 0) is 125 Å². The predicted octanol–water partition coefficient (Wildman–Crippen LogP) is 12.4. The van der Waals surface area contributed by atoms with Gasteiger partial charge in [-0.25, -0.2) is 0 Å². The molecule has 5 rings (SSSR count). The number of rotatable bonds is 18. The molecule has 0 aliphatic carbocycles. The van der Waals surface area contributed by atoms with Crippen LogP contribution in [0.4, 0.5) is 0 Å². The summed E-state index contributed by atoms with van der Waals surface area (Å²) in [6.45, 7) is 4.93. The molecule has 51 heavy (non-hydrogen) atoms. The highest BCUT2D eigenvalue weighted by molar-refractivity contribution is 7.99. The van der Waals surface area contributed by atoms with Crippen LogP contribution in [-0.4, -0.2) is 37.4 Å². The molecule has 2 nitrogen and oxygen atoms in total. The first kappa shape index (κ1) is 41.1. The number of hydrogen-bond donors (Lipinski definition) is 0. The van der Waals surface area contributed by atoms with E-state index in [1.165, 1.54) is 45.0 Å². The molecule has 0 aromatic heterocycles. The Morgan fingerprint density at radius 1 is 0.569 bits per heavy atom. The van der Waals surface area contributed by atoms with Gasteiger partial charge < -0.3 is 8.23 Å². The second-order valence-corrected chi connectivity index (χ2v) is 27.4. The molecule has 1 fully saturated rings. The molecule has 1 aliphatic heterocycles. The molecule has 0 bridgehead atoms. The molecule has 0 N–H and O–H groups in total. The minimum atomic E-state index is -2.50. The summed E-state index contributed by atoms with van der Waals surface area (Å²) >= 11 is 26.5. The van der Waals surface area contributed by atoms with E-state index >= 15 is 0 Å². The van der Waals surface area contributed by atoms with Crippen molar-refractivity contribution in [3.8, 4) is 0 Å². The van der Waals surface area contributed by atoms with Crippen LogP contribution in [0.5, 0.6) is 0 Å². The van der Waals surface area contributed by atoms with Crippen molar-refractivity contribution in [2.75, 3.05) is 11.5 Å². The number of benzene rings is 4. The minimum Gasteiger partial charge on any atom is -0.439 e. The van der Waals surface area contributed by atoms with Gasteiger partial charge in [-0.15, -0.1) is 46.4 Å². The van der Waals surface area contributed by atoms with Crippen LogP contribution in [0.1, 0.15) is 44.5 Å². The lowest BCUT2D eigenvalue weighted by Crippen LogP contribution is -2.51. The van der Waals surface area contributed by atoms with Crippen LogP contribution in [0.3, 0.4) is 0 Å². The zero-order chi connectivity index (χ0) is 36.1. The Morgan fingerprint density at radius 3 is 1.41 bits per heavy atom. The Balaban J connectivity index is 1.37. The number of hydrogen-bond acceptors (Lipinski definition) is 3. The van der Waals surface area contributed by atoms with E-state index in [0.717, 1.165) is 60.9 Å². The first-order valence-electron chi connectivity index (χ1n) is 18.2. The van der Waals surface area contributed by atoms with Crippen LogP contribution in [0.2, 0.25) is 42.8 Å². The molecule has 3 unspecified atom stereocenters. The van der Waals surface area contributed by atoms with Gasteiger partial charge in [0, 0.05) is 23.5 Å². The molecule has 4 atom stereocenters. The highest BCUT2D eigenvalue weighted by atomic mass is 35.5. The summed E-state index contributed by atoms with van der Waals surface area (Å²) in [5.74, 6) is 4.44. The van der Waals surface area contributed by atoms with Gasteiger partial charge >= 0.3 is 8.56 Å². The predicted molar refractivity (Wildman–Crippen MR) is 232 cm³/mol. The molecule has 1 aliphatic rings. The highest BCUT2D eigenvalue weighted by Gasteiger charge is 2.50. The van der Waals surface area contributed by atoms with E-state index in [1.54, 1.807) is 0 Å². The summed E-state index contributed by atoms with van der Waals surface area (Å²) in [6, 6.07) is 39.7. The summed E-state index contributed by atoms with van der Waals surface area (Å²) in [5.41, 5.74) is 10.7. The average molecular weight is 835 g/mol. The van der Waals surface area contributed by atoms with E-state index in [4.69, 9.17) is 54.6 Å². The lowest BCUT2D eigenvalue weighted by molar-refractivity contribution is 0.389. The summed E-state index contributed by atoms with van der Waals surface area (Å²) < 4.78 is 15.1. The molecule has 0 amide bonds. The Labute approximate surface area is 335 Å². The van der Waals surface area contributed by atoms with Gasteiger partial charge in [0.15, 0.2) is 17.4 Å². The van der Waals surface area contributed by atoms with Gasteiger partial charge in [-0.2, -0.15) is 11.8 Å². The summed E-state index contributed by atoms with van der Waals surface area (Å²) in [5, 5.41) is 0. The minimum absolute atomic E-state index is 0.541. The third-order valence-electron chi connectivity index (χ3n) is 10.4. The molecule has 4 aromatic carbocycles. The number of halogens is 4. The van der Waals surface area contributed by atoms with Crippen LogP contribution in [0.15, 0.2) is 97.1 Å². The molecule has 1 heterocycles. The fourth-order valence-electron chi connectivity index (χ4n) is 7.04. The second kappa shape index (κ2) is 20.6. The van der Waals surface area contributed by atoms with Crippen molar-refractivity contribution in [2.24, 2.45) is 0 Å². The Kier molecular flexibility index (Phi) is 16.6. The molecular weight excluding hydrogens is 783 g/mol. The number of alkyl halides is 4. The van der Waals surface area contributed by atoms with Gasteiger partial charge in [0.1, 0.15) is 0 Å². The summed E-state index contributed by atoms with van der Waals surface area (Å²) in [6.07, 6.45) is 4.12. The maximum atomic E-state index is 7.69. The zero-order valence-electron chi connectivity index (χ0n) is 30.0. The van der Waals surface area contributed by atoms with Gasteiger partial charge in [0.25, 0.3) is 0 Å². The van der Waals surface area contributed by atoms with Gasteiger partial charge in [-0.1, -0.05) is 97.1 Å². The van der Waals surface area contributed by atoms with E-state index in [2.05, 4.69) is 122 Å². The fraction of sp³-hybridized carbons (Fsp3) is 0.415. The molecule has 0 spiro atoms.